The topological polar surface area (TPSA) is 92.6 Å². The highest BCUT2D eigenvalue weighted by atomic mass is 32.2. The number of carbonyl (C=O) groups excluding carboxylic acids is 2. The second kappa shape index (κ2) is 12.1. The fourth-order valence-corrected chi connectivity index (χ4v) is 3.75. The molecule has 0 aromatic heterocycles. The SMILES string of the molecule is CC[C@@H](C)NC(=O)[C@H](C)N(Cc1ccccc1)C(=O)CSCc1ccc([N+](=O)[O-])cc1. The van der Waals surface area contributed by atoms with Crippen LogP contribution in [0, 0.1) is 10.1 Å². The third kappa shape index (κ3) is 7.71. The van der Waals surface area contributed by atoms with E-state index in [2.05, 4.69) is 5.32 Å². The van der Waals surface area contributed by atoms with Crippen LogP contribution >= 0.6 is 11.8 Å². The Labute approximate surface area is 187 Å². The van der Waals surface area contributed by atoms with E-state index in [-0.39, 0.29) is 29.3 Å². The molecule has 0 aliphatic rings. The van der Waals surface area contributed by atoms with Crippen molar-refractivity contribution in [3.8, 4) is 0 Å². The molecule has 166 valence electrons. The fraction of sp³-hybridized carbons (Fsp3) is 0.391. The van der Waals surface area contributed by atoms with Crippen molar-refractivity contribution in [3.05, 3.63) is 75.8 Å². The molecule has 0 unspecified atom stereocenters. The molecule has 0 spiro atoms. The lowest BCUT2D eigenvalue weighted by atomic mass is 10.1. The van der Waals surface area contributed by atoms with Gasteiger partial charge in [0.25, 0.3) is 5.69 Å². The first kappa shape index (κ1) is 24.4. The van der Waals surface area contributed by atoms with Gasteiger partial charge in [0.05, 0.1) is 10.7 Å². The van der Waals surface area contributed by atoms with Gasteiger partial charge in [-0.15, -0.1) is 11.8 Å². The molecule has 2 atom stereocenters. The van der Waals surface area contributed by atoms with Gasteiger partial charge in [0.2, 0.25) is 11.8 Å². The van der Waals surface area contributed by atoms with Crippen molar-refractivity contribution in [2.45, 2.75) is 51.6 Å². The Hall–Kier alpha value is -2.87. The maximum absolute atomic E-state index is 13.0. The number of nitro groups is 1. The van der Waals surface area contributed by atoms with Crippen LogP contribution in [0.15, 0.2) is 54.6 Å². The first-order valence-corrected chi connectivity index (χ1v) is 11.4. The lowest BCUT2D eigenvalue weighted by molar-refractivity contribution is -0.384. The zero-order valence-electron chi connectivity index (χ0n) is 18.1. The number of hydrogen-bond donors (Lipinski definition) is 1. The molecule has 2 rings (SSSR count). The van der Waals surface area contributed by atoms with Gasteiger partial charge in [0.1, 0.15) is 6.04 Å². The van der Waals surface area contributed by atoms with Crippen LogP contribution in [0.1, 0.15) is 38.3 Å². The Morgan fingerprint density at radius 1 is 1.06 bits per heavy atom. The first-order chi connectivity index (χ1) is 14.8. The van der Waals surface area contributed by atoms with Crippen molar-refractivity contribution in [2.24, 2.45) is 0 Å². The first-order valence-electron chi connectivity index (χ1n) is 10.3. The summed E-state index contributed by atoms with van der Waals surface area (Å²) in [4.78, 5) is 37.6. The monoisotopic (exact) mass is 443 g/mol. The molecule has 0 saturated carbocycles. The fourth-order valence-electron chi connectivity index (χ4n) is 2.88. The Morgan fingerprint density at radius 2 is 1.71 bits per heavy atom. The number of amides is 2. The summed E-state index contributed by atoms with van der Waals surface area (Å²) in [6.45, 7) is 6.04. The van der Waals surface area contributed by atoms with Gasteiger partial charge in [0.15, 0.2) is 0 Å². The summed E-state index contributed by atoms with van der Waals surface area (Å²) in [5, 5.41) is 13.7. The van der Waals surface area contributed by atoms with Crippen molar-refractivity contribution < 1.29 is 14.5 Å². The minimum Gasteiger partial charge on any atom is -0.352 e. The Kier molecular flexibility index (Phi) is 9.52. The Balaban J connectivity index is 2.02. The van der Waals surface area contributed by atoms with Crippen LogP contribution in [0.2, 0.25) is 0 Å². The molecule has 0 radical (unpaired) electrons. The summed E-state index contributed by atoms with van der Waals surface area (Å²) in [7, 11) is 0. The minimum atomic E-state index is -0.596. The number of nitrogens with one attached hydrogen (secondary N) is 1. The van der Waals surface area contributed by atoms with Crippen LogP contribution in [-0.4, -0.2) is 39.5 Å². The molecule has 0 fully saturated rings. The number of nitrogens with zero attached hydrogens (tertiary/aromatic N) is 2. The van der Waals surface area contributed by atoms with Crippen molar-refractivity contribution in [1.29, 1.82) is 0 Å². The minimum absolute atomic E-state index is 0.0417. The van der Waals surface area contributed by atoms with E-state index < -0.39 is 11.0 Å². The highest BCUT2D eigenvalue weighted by Crippen LogP contribution is 2.18. The highest BCUT2D eigenvalue weighted by Gasteiger charge is 2.26. The zero-order chi connectivity index (χ0) is 22.8. The summed E-state index contributed by atoms with van der Waals surface area (Å²) < 4.78 is 0. The average molecular weight is 444 g/mol. The second-order valence-electron chi connectivity index (χ2n) is 7.42. The summed E-state index contributed by atoms with van der Waals surface area (Å²) in [5.74, 6) is 0.475. The number of rotatable bonds is 11. The normalized spacial score (nSPS) is 12.6. The average Bonchev–Trinajstić information content (AvgIpc) is 2.77. The van der Waals surface area contributed by atoms with E-state index in [1.54, 1.807) is 24.0 Å². The molecule has 2 aromatic rings. The van der Waals surface area contributed by atoms with Gasteiger partial charge in [-0.25, -0.2) is 0 Å². The third-order valence-electron chi connectivity index (χ3n) is 5.01. The number of thioether (sulfide) groups is 1. The van der Waals surface area contributed by atoms with E-state index in [9.17, 15) is 19.7 Å². The maximum atomic E-state index is 13.0. The zero-order valence-corrected chi connectivity index (χ0v) is 18.9. The van der Waals surface area contributed by atoms with E-state index in [0.717, 1.165) is 17.5 Å². The quantitative estimate of drug-likeness (QED) is 0.416. The van der Waals surface area contributed by atoms with Gasteiger partial charge in [-0.2, -0.15) is 0 Å². The molecule has 0 bridgehead atoms. The maximum Gasteiger partial charge on any atom is 0.269 e. The Bertz CT molecular complexity index is 874. The van der Waals surface area contributed by atoms with Gasteiger partial charge in [0, 0.05) is 30.5 Å². The molecule has 7 nitrogen and oxygen atoms in total. The van der Waals surface area contributed by atoms with Gasteiger partial charge in [-0.05, 0) is 31.4 Å². The number of benzene rings is 2. The van der Waals surface area contributed by atoms with E-state index >= 15 is 0 Å². The third-order valence-corrected chi connectivity index (χ3v) is 5.99. The van der Waals surface area contributed by atoms with Gasteiger partial charge in [-0.3, -0.25) is 19.7 Å². The smallest absolute Gasteiger partial charge is 0.269 e. The number of hydrogen-bond acceptors (Lipinski definition) is 5. The predicted molar refractivity (Wildman–Crippen MR) is 124 cm³/mol. The Morgan fingerprint density at radius 3 is 2.29 bits per heavy atom. The van der Waals surface area contributed by atoms with Crippen LogP contribution in [0.3, 0.4) is 0 Å². The standard InChI is InChI=1S/C23H29N3O4S/c1-4-17(2)24-23(28)18(3)25(14-19-8-6-5-7-9-19)22(27)16-31-15-20-10-12-21(13-11-20)26(29)30/h5-13,17-18H,4,14-16H2,1-3H3,(H,24,28)/t17-,18+/m1/s1. The van der Waals surface area contributed by atoms with Crippen LogP contribution in [-0.2, 0) is 21.9 Å². The molecular weight excluding hydrogens is 414 g/mol. The van der Waals surface area contributed by atoms with Crippen LogP contribution in [0.25, 0.3) is 0 Å². The van der Waals surface area contributed by atoms with Crippen LogP contribution in [0.4, 0.5) is 5.69 Å². The largest absolute Gasteiger partial charge is 0.352 e. The lowest BCUT2D eigenvalue weighted by Gasteiger charge is -2.29. The molecular formula is C23H29N3O4S. The molecule has 2 aromatic carbocycles. The molecule has 8 heteroatoms. The van der Waals surface area contributed by atoms with E-state index in [1.807, 2.05) is 44.2 Å². The molecule has 0 aliphatic heterocycles. The van der Waals surface area contributed by atoms with E-state index in [4.69, 9.17) is 0 Å². The van der Waals surface area contributed by atoms with Crippen molar-refractivity contribution >= 4 is 29.3 Å². The summed E-state index contributed by atoms with van der Waals surface area (Å²) in [6.07, 6.45) is 0.816. The van der Waals surface area contributed by atoms with Crippen LogP contribution < -0.4 is 5.32 Å². The molecule has 0 saturated heterocycles. The number of carbonyl (C=O) groups is 2. The molecule has 1 N–H and O–H groups in total. The van der Waals surface area contributed by atoms with Gasteiger partial charge in [-0.1, -0.05) is 49.4 Å². The van der Waals surface area contributed by atoms with Crippen molar-refractivity contribution in [3.63, 3.8) is 0 Å². The lowest BCUT2D eigenvalue weighted by Crippen LogP contribution is -2.50. The van der Waals surface area contributed by atoms with Crippen LogP contribution in [0.5, 0.6) is 0 Å². The summed E-state index contributed by atoms with van der Waals surface area (Å²) in [6, 6.07) is 15.3. The van der Waals surface area contributed by atoms with Gasteiger partial charge < -0.3 is 10.2 Å². The van der Waals surface area contributed by atoms with Crippen molar-refractivity contribution in [1.82, 2.24) is 10.2 Å². The van der Waals surface area contributed by atoms with Gasteiger partial charge >= 0.3 is 0 Å². The molecule has 2 amide bonds. The second-order valence-corrected chi connectivity index (χ2v) is 8.40. The molecule has 31 heavy (non-hydrogen) atoms. The summed E-state index contributed by atoms with van der Waals surface area (Å²) in [5.41, 5.74) is 1.90. The molecule has 0 aliphatic carbocycles. The van der Waals surface area contributed by atoms with Crippen molar-refractivity contribution in [2.75, 3.05) is 5.75 Å². The molecule has 0 heterocycles. The predicted octanol–water partition coefficient (Wildman–Crippen LogP) is 4.16. The van der Waals surface area contributed by atoms with E-state index in [1.165, 1.54) is 23.9 Å². The summed E-state index contributed by atoms with van der Waals surface area (Å²) >= 11 is 1.42. The number of nitro benzene ring substituents is 1. The number of non-ortho nitro benzene ring substituents is 1. The van der Waals surface area contributed by atoms with E-state index in [0.29, 0.717) is 12.3 Å². The highest BCUT2D eigenvalue weighted by molar-refractivity contribution is 7.99.